The smallest absolute Gasteiger partial charge is 0.146 e. The number of likely N-dealkylation sites (tertiary alicyclic amines) is 1. The summed E-state index contributed by atoms with van der Waals surface area (Å²) in [7, 11) is 0. The molecule has 1 aromatic rings. The fourth-order valence-corrected chi connectivity index (χ4v) is 2.67. The van der Waals surface area contributed by atoms with Gasteiger partial charge in [-0.3, -0.25) is 0 Å². The van der Waals surface area contributed by atoms with Crippen molar-refractivity contribution < 1.29 is 8.78 Å². The van der Waals surface area contributed by atoms with Crippen molar-refractivity contribution in [2.75, 3.05) is 25.0 Å². The van der Waals surface area contributed by atoms with Gasteiger partial charge in [0.05, 0.1) is 5.69 Å². The lowest BCUT2D eigenvalue weighted by molar-refractivity contribution is 0.285. The molecule has 106 valence electrons. The minimum Gasteiger partial charge on any atom is -0.380 e. The highest BCUT2D eigenvalue weighted by atomic mass is 19.1. The van der Waals surface area contributed by atoms with E-state index < -0.39 is 5.82 Å². The molecule has 2 rings (SSSR count). The number of anilines is 1. The molecule has 1 saturated heterocycles. The van der Waals surface area contributed by atoms with Gasteiger partial charge in [-0.15, -0.1) is 0 Å². The van der Waals surface area contributed by atoms with E-state index in [1.165, 1.54) is 12.1 Å². The van der Waals surface area contributed by atoms with Gasteiger partial charge in [0, 0.05) is 12.6 Å². The summed E-state index contributed by atoms with van der Waals surface area (Å²) in [6.45, 7) is 5.45. The van der Waals surface area contributed by atoms with Crippen molar-refractivity contribution in [3.63, 3.8) is 0 Å². The van der Waals surface area contributed by atoms with E-state index in [2.05, 4.69) is 17.1 Å². The molecule has 0 radical (unpaired) electrons. The van der Waals surface area contributed by atoms with Crippen LogP contribution in [-0.2, 0) is 0 Å². The molecule has 0 saturated carbocycles. The van der Waals surface area contributed by atoms with E-state index in [1.54, 1.807) is 0 Å². The van der Waals surface area contributed by atoms with E-state index in [1.807, 2.05) is 0 Å². The van der Waals surface area contributed by atoms with Crippen molar-refractivity contribution in [1.29, 1.82) is 0 Å². The molecule has 2 nitrogen and oxygen atoms in total. The molecule has 0 spiro atoms. The Balaban J connectivity index is 1.94. The zero-order valence-electron chi connectivity index (χ0n) is 11.5. The zero-order chi connectivity index (χ0) is 13.7. The lowest BCUT2D eigenvalue weighted by atomic mass is 10.1. The number of hydrogen-bond acceptors (Lipinski definition) is 2. The Bertz CT molecular complexity index is 409. The highest BCUT2D eigenvalue weighted by molar-refractivity contribution is 5.45. The molecule has 1 aliphatic heterocycles. The molecular weight excluding hydrogens is 246 g/mol. The van der Waals surface area contributed by atoms with Gasteiger partial charge in [-0.1, -0.05) is 6.92 Å². The van der Waals surface area contributed by atoms with Gasteiger partial charge in [-0.05, 0) is 57.0 Å². The first-order valence-electron chi connectivity index (χ1n) is 7.13. The molecule has 0 aliphatic carbocycles. The van der Waals surface area contributed by atoms with Crippen molar-refractivity contribution in [3.05, 3.63) is 29.8 Å². The molecule has 1 aromatic carbocycles. The highest BCUT2D eigenvalue weighted by Crippen LogP contribution is 2.20. The predicted octanol–water partition coefficient (Wildman–Crippen LogP) is 3.64. The lowest BCUT2D eigenvalue weighted by Gasteiger charge is -2.20. The van der Waals surface area contributed by atoms with E-state index in [0.717, 1.165) is 51.4 Å². The quantitative estimate of drug-likeness (QED) is 0.897. The van der Waals surface area contributed by atoms with Gasteiger partial charge in [0.1, 0.15) is 11.6 Å². The Hall–Kier alpha value is -1.16. The normalized spacial score (nSPS) is 21.1. The third-order valence-corrected chi connectivity index (χ3v) is 3.65. The Morgan fingerprint density at radius 2 is 2.11 bits per heavy atom. The predicted molar refractivity (Wildman–Crippen MR) is 74.4 cm³/mol. The van der Waals surface area contributed by atoms with Gasteiger partial charge in [0.2, 0.25) is 0 Å². The van der Waals surface area contributed by atoms with Crippen LogP contribution in [0.4, 0.5) is 14.5 Å². The standard InChI is InChI=1S/C15H22F2N2/c1-2-8-19-9-3-4-13(7-10-19)18-15-11-12(16)5-6-14(15)17/h5-6,11,13,18H,2-4,7-10H2,1H3. The summed E-state index contributed by atoms with van der Waals surface area (Å²) in [5.41, 5.74) is 0.286. The first kappa shape index (κ1) is 14.3. The van der Waals surface area contributed by atoms with Crippen LogP contribution in [0.2, 0.25) is 0 Å². The Morgan fingerprint density at radius 1 is 1.26 bits per heavy atom. The van der Waals surface area contributed by atoms with Gasteiger partial charge in [-0.2, -0.15) is 0 Å². The fourth-order valence-electron chi connectivity index (χ4n) is 2.67. The number of benzene rings is 1. The van der Waals surface area contributed by atoms with Crippen LogP contribution in [0.25, 0.3) is 0 Å². The largest absolute Gasteiger partial charge is 0.380 e. The third kappa shape index (κ3) is 4.16. The van der Waals surface area contributed by atoms with E-state index in [4.69, 9.17) is 0 Å². The third-order valence-electron chi connectivity index (χ3n) is 3.65. The number of nitrogens with zero attached hydrogens (tertiary/aromatic N) is 1. The molecule has 0 bridgehead atoms. The number of halogens is 2. The van der Waals surface area contributed by atoms with Gasteiger partial charge < -0.3 is 10.2 Å². The molecule has 1 unspecified atom stereocenters. The Labute approximate surface area is 113 Å². The van der Waals surface area contributed by atoms with Crippen LogP contribution in [0.3, 0.4) is 0 Å². The summed E-state index contributed by atoms with van der Waals surface area (Å²) in [4.78, 5) is 2.45. The van der Waals surface area contributed by atoms with E-state index >= 15 is 0 Å². The minimum atomic E-state index is -0.398. The zero-order valence-corrected chi connectivity index (χ0v) is 11.5. The maximum absolute atomic E-state index is 13.6. The monoisotopic (exact) mass is 268 g/mol. The topological polar surface area (TPSA) is 15.3 Å². The Kier molecular flexibility index (Phi) is 5.14. The molecule has 0 amide bonds. The summed E-state index contributed by atoms with van der Waals surface area (Å²) in [5.74, 6) is -0.777. The summed E-state index contributed by atoms with van der Waals surface area (Å²) in [6, 6.07) is 3.80. The second kappa shape index (κ2) is 6.85. The van der Waals surface area contributed by atoms with Crippen molar-refractivity contribution >= 4 is 5.69 Å². The minimum absolute atomic E-state index is 0.234. The molecule has 1 N–H and O–H groups in total. The molecule has 1 atom stereocenters. The molecule has 0 aromatic heterocycles. The van der Waals surface area contributed by atoms with Gasteiger partial charge in [0.15, 0.2) is 0 Å². The van der Waals surface area contributed by atoms with Crippen LogP contribution in [-0.4, -0.2) is 30.6 Å². The fraction of sp³-hybridized carbons (Fsp3) is 0.600. The second-order valence-electron chi connectivity index (χ2n) is 5.24. The van der Waals surface area contributed by atoms with Crippen LogP contribution in [0.15, 0.2) is 18.2 Å². The van der Waals surface area contributed by atoms with Gasteiger partial charge >= 0.3 is 0 Å². The van der Waals surface area contributed by atoms with Crippen molar-refractivity contribution in [3.8, 4) is 0 Å². The van der Waals surface area contributed by atoms with E-state index in [9.17, 15) is 8.78 Å². The molecule has 1 heterocycles. The van der Waals surface area contributed by atoms with E-state index in [-0.39, 0.29) is 17.5 Å². The number of hydrogen-bond donors (Lipinski definition) is 1. The summed E-state index contributed by atoms with van der Waals surface area (Å²) < 4.78 is 26.7. The van der Waals surface area contributed by atoms with Crippen molar-refractivity contribution in [2.45, 2.75) is 38.6 Å². The lowest BCUT2D eigenvalue weighted by Crippen LogP contribution is -2.27. The molecule has 1 fully saturated rings. The average molecular weight is 268 g/mol. The second-order valence-corrected chi connectivity index (χ2v) is 5.24. The molecule has 1 aliphatic rings. The highest BCUT2D eigenvalue weighted by Gasteiger charge is 2.17. The van der Waals surface area contributed by atoms with Gasteiger partial charge in [-0.25, -0.2) is 8.78 Å². The van der Waals surface area contributed by atoms with Crippen molar-refractivity contribution in [2.24, 2.45) is 0 Å². The van der Waals surface area contributed by atoms with Crippen LogP contribution in [0, 0.1) is 11.6 Å². The SMILES string of the molecule is CCCN1CCCC(Nc2cc(F)ccc2F)CC1. The maximum Gasteiger partial charge on any atom is 0.146 e. The molecule has 19 heavy (non-hydrogen) atoms. The van der Waals surface area contributed by atoms with E-state index in [0.29, 0.717) is 0 Å². The number of nitrogens with one attached hydrogen (secondary N) is 1. The van der Waals surface area contributed by atoms with Crippen LogP contribution < -0.4 is 5.32 Å². The summed E-state index contributed by atoms with van der Waals surface area (Å²) >= 11 is 0. The van der Waals surface area contributed by atoms with Crippen molar-refractivity contribution in [1.82, 2.24) is 4.90 Å². The van der Waals surface area contributed by atoms with Gasteiger partial charge in [0.25, 0.3) is 0 Å². The first-order valence-corrected chi connectivity index (χ1v) is 7.13. The summed E-state index contributed by atoms with van der Waals surface area (Å²) in [6.07, 6.45) is 4.26. The Morgan fingerprint density at radius 3 is 2.89 bits per heavy atom. The summed E-state index contributed by atoms with van der Waals surface area (Å²) in [5, 5.41) is 3.15. The average Bonchev–Trinajstić information content (AvgIpc) is 2.60. The van der Waals surface area contributed by atoms with Crippen LogP contribution in [0.1, 0.15) is 32.6 Å². The number of rotatable bonds is 4. The van der Waals surface area contributed by atoms with Crippen LogP contribution >= 0.6 is 0 Å². The molecule has 4 heteroatoms. The maximum atomic E-state index is 13.6. The molecular formula is C15H22F2N2. The first-order chi connectivity index (χ1) is 9.19. The van der Waals surface area contributed by atoms with Crippen LogP contribution in [0.5, 0.6) is 0 Å².